The highest BCUT2D eigenvalue weighted by Gasteiger charge is 2.31. The molecule has 2 aromatic carbocycles. The van der Waals surface area contributed by atoms with Gasteiger partial charge in [0.15, 0.2) is 12.3 Å². The van der Waals surface area contributed by atoms with E-state index in [4.69, 9.17) is 9.15 Å². The molecule has 34 heavy (non-hydrogen) atoms. The van der Waals surface area contributed by atoms with Crippen molar-refractivity contribution in [2.75, 3.05) is 19.6 Å². The third kappa shape index (κ3) is 4.42. The van der Waals surface area contributed by atoms with Crippen molar-refractivity contribution in [1.82, 2.24) is 14.8 Å². The van der Waals surface area contributed by atoms with Gasteiger partial charge in [0, 0.05) is 26.6 Å². The van der Waals surface area contributed by atoms with E-state index < -0.39 is 0 Å². The summed E-state index contributed by atoms with van der Waals surface area (Å²) in [7, 11) is 0. The Bertz CT molecular complexity index is 1190. The largest absolute Gasteiger partial charge is 0.484 e. The number of hydrogen-bond acceptors (Lipinski definition) is 5. The summed E-state index contributed by atoms with van der Waals surface area (Å²) < 4.78 is 11.5. The fraction of sp³-hybridized carbons (Fsp3) is 0.370. The van der Waals surface area contributed by atoms with Gasteiger partial charge in [-0.3, -0.25) is 9.59 Å². The van der Waals surface area contributed by atoms with Crippen molar-refractivity contribution >= 4 is 11.8 Å². The predicted octanol–water partition coefficient (Wildman–Crippen LogP) is 4.29. The van der Waals surface area contributed by atoms with Gasteiger partial charge in [-0.05, 0) is 55.0 Å². The maximum Gasteiger partial charge on any atom is 0.275 e. The highest BCUT2D eigenvalue weighted by molar-refractivity contribution is 5.92. The molecule has 0 saturated carbocycles. The molecule has 1 fully saturated rings. The fourth-order valence-corrected chi connectivity index (χ4v) is 4.83. The Balaban J connectivity index is 1.35. The Hall–Kier alpha value is -3.61. The number of fused-ring (bicyclic) bond motifs is 1. The van der Waals surface area contributed by atoms with Crippen molar-refractivity contribution in [3.8, 4) is 5.75 Å². The van der Waals surface area contributed by atoms with Crippen LogP contribution in [-0.4, -0.2) is 46.2 Å². The number of nitrogens with zero attached hydrogens (tertiary/aromatic N) is 3. The molecular formula is C27H29N3O4. The number of carbonyl (C=O) groups excluding carboxylic acids is 2. The van der Waals surface area contributed by atoms with E-state index in [1.54, 1.807) is 11.8 Å². The molecular weight excluding hydrogens is 430 g/mol. The van der Waals surface area contributed by atoms with E-state index in [1.807, 2.05) is 17.0 Å². The molecule has 2 aliphatic heterocycles. The summed E-state index contributed by atoms with van der Waals surface area (Å²) in [6.07, 6.45) is 4.27. The van der Waals surface area contributed by atoms with Crippen molar-refractivity contribution in [2.24, 2.45) is 0 Å². The molecule has 5 rings (SSSR count). The van der Waals surface area contributed by atoms with E-state index in [0.717, 1.165) is 43.5 Å². The highest BCUT2D eigenvalue weighted by Crippen LogP contribution is 2.37. The van der Waals surface area contributed by atoms with Crippen LogP contribution in [0.15, 0.2) is 53.1 Å². The first kappa shape index (κ1) is 22.2. The van der Waals surface area contributed by atoms with Crippen LogP contribution in [0.1, 0.15) is 64.4 Å². The number of ether oxygens (including phenoxy) is 1. The smallest absolute Gasteiger partial charge is 0.275 e. The van der Waals surface area contributed by atoms with Crippen LogP contribution in [0.5, 0.6) is 5.75 Å². The Morgan fingerprint density at radius 2 is 1.85 bits per heavy atom. The Kier molecular flexibility index (Phi) is 6.09. The van der Waals surface area contributed by atoms with E-state index in [2.05, 4.69) is 42.2 Å². The number of amides is 2. The fourth-order valence-electron chi connectivity index (χ4n) is 4.83. The number of aryl methyl sites for hydroxylation is 1. The van der Waals surface area contributed by atoms with Crippen molar-refractivity contribution in [3.05, 3.63) is 82.6 Å². The average molecular weight is 460 g/mol. The predicted molar refractivity (Wildman–Crippen MR) is 127 cm³/mol. The number of likely N-dealkylation sites (tertiary alicyclic amines) is 1. The standard InChI is InChI=1S/C27H29N3O4/c1-18-5-7-21(8-6-18)26-23-15-22(10-9-20(23)11-14-30(26)19(2)31)33-17-25-28-24(16-34-25)27(32)29-12-3-4-13-29/h5-10,15-16,26H,3-4,11-14,17H2,1-2H3. The van der Waals surface area contributed by atoms with Crippen LogP contribution in [0.3, 0.4) is 0 Å². The maximum absolute atomic E-state index is 12.5. The molecule has 0 spiro atoms. The third-order valence-corrected chi connectivity index (χ3v) is 6.67. The molecule has 1 saturated heterocycles. The first-order valence-electron chi connectivity index (χ1n) is 11.8. The van der Waals surface area contributed by atoms with Crippen molar-refractivity contribution in [3.63, 3.8) is 0 Å². The van der Waals surface area contributed by atoms with Crippen molar-refractivity contribution < 1.29 is 18.7 Å². The van der Waals surface area contributed by atoms with E-state index >= 15 is 0 Å². The van der Waals surface area contributed by atoms with Gasteiger partial charge < -0.3 is 19.0 Å². The normalized spacial score (nSPS) is 17.5. The zero-order valence-electron chi connectivity index (χ0n) is 19.6. The summed E-state index contributed by atoms with van der Waals surface area (Å²) in [4.78, 5) is 33.0. The molecule has 1 atom stereocenters. The lowest BCUT2D eigenvalue weighted by Crippen LogP contribution is -2.39. The van der Waals surface area contributed by atoms with Gasteiger partial charge in [-0.25, -0.2) is 4.98 Å². The van der Waals surface area contributed by atoms with Gasteiger partial charge in [0.1, 0.15) is 12.0 Å². The number of carbonyl (C=O) groups is 2. The maximum atomic E-state index is 12.5. The van der Waals surface area contributed by atoms with Crippen LogP contribution in [0, 0.1) is 6.92 Å². The highest BCUT2D eigenvalue weighted by atomic mass is 16.5. The van der Waals surface area contributed by atoms with Gasteiger partial charge in [0.2, 0.25) is 11.8 Å². The second kappa shape index (κ2) is 9.33. The lowest BCUT2D eigenvalue weighted by atomic mass is 9.87. The molecule has 3 heterocycles. The average Bonchev–Trinajstić information content (AvgIpc) is 3.55. The third-order valence-electron chi connectivity index (χ3n) is 6.67. The zero-order valence-corrected chi connectivity index (χ0v) is 19.6. The molecule has 0 aliphatic carbocycles. The van der Waals surface area contributed by atoms with Gasteiger partial charge in [0.25, 0.3) is 5.91 Å². The van der Waals surface area contributed by atoms with E-state index in [1.165, 1.54) is 17.4 Å². The summed E-state index contributed by atoms with van der Waals surface area (Å²) in [5.74, 6) is 0.997. The van der Waals surface area contributed by atoms with Gasteiger partial charge in [-0.15, -0.1) is 0 Å². The van der Waals surface area contributed by atoms with Crippen molar-refractivity contribution in [1.29, 1.82) is 0 Å². The zero-order chi connectivity index (χ0) is 23.7. The molecule has 7 nitrogen and oxygen atoms in total. The minimum atomic E-state index is -0.156. The summed E-state index contributed by atoms with van der Waals surface area (Å²) in [6.45, 7) is 6.03. The van der Waals surface area contributed by atoms with Gasteiger partial charge in [-0.1, -0.05) is 35.9 Å². The molecule has 1 aromatic heterocycles. The number of aromatic nitrogens is 1. The lowest BCUT2D eigenvalue weighted by Gasteiger charge is -2.37. The molecule has 1 unspecified atom stereocenters. The topological polar surface area (TPSA) is 75.9 Å². The Labute approximate surface area is 199 Å². The second-order valence-electron chi connectivity index (χ2n) is 9.05. The van der Waals surface area contributed by atoms with Crippen LogP contribution in [0.4, 0.5) is 0 Å². The summed E-state index contributed by atoms with van der Waals surface area (Å²) >= 11 is 0. The molecule has 0 bridgehead atoms. The molecule has 0 N–H and O–H groups in total. The molecule has 3 aromatic rings. The van der Waals surface area contributed by atoms with Crippen LogP contribution in [0.2, 0.25) is 0 Å². The molecule has 0 radical (unpaired) electrons. The minimum Gasteiger partial charge on any atom is -0.484 e. The second-order valence-corrected chi connectivity index (χ2v) is 9.05. The molecule has 7 heteroatoms. The van der Waals surface area contributed by atoms with Gasteiger partial charge >= 0.3 is 0 Å². The molecule has 2 amide bonds. The summed E-state index contributed by atoms with van der Waals surface area (Å²) in [6, 6.07) is 14.2. The molecule has 176 valence electrons. The lowest BCUT2D eigenvalue weighted by molar-refractivity contribution is -0.130. The number of hydrogen-bond donors (Lipinski definition) is 0. The molecule has 2 aliphatic rings. The first-order chi connectivity index (χ1) is 16.5. The first-order valence-corrected chi connectivity index (χ1v) is 11.8. The monoisotopic (exact) mass is 459 g/mol. The van der Waals surface area contributed by atoms with Crippen LogP contribution >= 0.6 is 0 Å². The van der Waals surface area contributed by atoms with Crippen LogP contribution < -0.4 is 4.74 Å². The number of oxazole rings is 1. The summed E-state index contributed by atoms with van der Waals surface area (Å²) in [5.41, 5.74) is 4.86. The van der Waals surface area contributed by atoms with Gasteiger partial charge in [-0.2, -0.15) is 0 Å². The van der Waals surface area contributed by atoms with Crippen LogP contribution in [-0.2, 0) is 17.8 Å². The van der Waals surface area contributed by atoms with E-state index in [0.29, 0.717) is 23.9 Å². The van der Waals surface area contributed by atoms with E-state index in [9.17, 15) is 9.59 Å². The number of rotatable bonds is 5. The van der Waals surface area contributed by atoms with Crippen LogP contribution in [0.25, 0.3) is 0 Å². The minimum absolute atomic E-state index is 0.0533. The van der Waals surface area contributed by atoms with Crippen molar-refractivity contribution in [2.45, 2.75) is 45.8 Å². The Morgan fingerprint density at radius 1 is 1.09 bits per heavy atom. The summed E-state index contributed by atoms with van der Waals surface area (Å²) in [5, 5.41) is 0. The van der Waals surface area contributed by atoms with Gasteiger partial charge in [0.05, 0.1) is 6.04 Å². The number of benzene rings is 2. The SMILES string of the molecule is CC(=O)N1CCc2ccc(OCc3nc(C(=O)N4CCCC4)co3)cc2C1c1ccc(C)cc1. The Morgan fingerprint density at radius 3 is 2.59 bits per heavy atom. The van der Waals surface area contributed by atoms with E-state index in [-0.39, 0.29) is 24.5 Å². The quantitative estimate of drug-likeness (QED) is 0.569.